The molecule has 1 aliphatic heterocycles. The molecule has 5 rings (SSSR count). The molecule has 0 bridgehead atoms. The van der Waals surface area contributed by atoms with Crippen LogP contribution in [0.25, 0.3) is 0 Å². The van der Waals surface area contributed by atoms with E-state index in [0.29, 0.717) is 28.9 Å². The molecule has 0 aromatic heterocycles. The van der Waals surface area contributed by atoms with Gasteiger partial charge in [0.1, 0.15) is 5.54 Å². The summed E-state index contributed by atoms with van der Waals surface area (Å²) in [7, 11) is 0. The van der Waals surface area contributed by atoms with E-state index in [4.69, 9.17) is 23.2 Å². The summed E-state index contributed by atoms with van der Waals surface area (Å²) in [5.74, 6) is 0.604. The monoisotopic (exact) mass is 555 g/mol. The molecule has 2 amide bonds. The van der Waals surface area contributed by atoms with Crippen LogP contribution in [0.15, 0.2) is 42.5 Å². The van der Waals surface area contributed by atoms with Gasteiger partial charge in [-0.3, -0.25) is 14.5 Å². The standard InChI is InChI=1S/C31H39Cl2N3O2/c32-24-11-7-10-23(18-24)20-31(27-15-14-25(33)19-28(27)35-30(31)38)36(26-12-5-2-6-13-26)21-29(37)34-17-16-22-8-3-1-4-9-22/h7,10-11,14-15,18-19,22,26H,1-6,8-9,12-13,16-17,20-21H2,(H,34,37)(H,35,38). The Balaban J connectivity index is 1.46. The molecule has 2 aromatic carbocycles. The average Bonchev–Trinajstić information content (AvgIpc) is 3.18. The smallest absolute Gasteiger partial charge is 0.249 e. The summed E-state index contributed by atoms with van der Waals surface area (Å²) < 4.78 is 0. The summed E-state index contributed by atoms with van der Waals surface area (Å²) in [6, 6.07) is 13.5. The zero-order chi connectivity index (χ0) is 26.5. The summed E-state index contributed by atoms with van der Waals surface area (Å²) in [6.45, 7) is 0.882. The van der Waals surface area contributed by atoms with E-state index in [9.17, 15) is 9.59 Å². The quantitative estimate of drug-likeness (QED) is 0.346. The first-order chi connectivity index (χ1) is 18.5. The minimum Gasteiger partial charge on any atom is -0.355 e. The molecule has 1 heterocycles. The summed E-state index contributed by atoms with van der Waals surface area (Å²) >= 11 is 12.7. The second-order valence-electron chi connectivity index (χ2n) is 11.4. The van der Waals surface area contributed by atoms with Crippen LogP contribution < -0.4 is 10.6 Å². The number of hydrogen-bond donors (Lipinski definition) is 2. The van der Waals surface area contributed by atoms with Crippen molar-refractivity contribution in [3.8, 4) is 0 Å². The molecule has 2 fully saturated rings. The van der Waals surface area contributed by atoms with Crippen molar-refractivity contribution in [2.45, 2.75) is 88.6 Å². The van der Waals surface area contributed by atoms with E-state index in [0.717, 1.165) is 48.9 Å². The summed E-state index contributed by atoms with van der Waals surface area (Å²) in [4.78, 5) is 29.8. The van der Waals surface area contributed by atoms with E-state index in [1.54, 1.807) is 0 Å². The van der Waals surface area contributed by atoms with Crippen molar-refractivity contribution in [3.05, 3.63) is 63.6 Å². The van der Waals surface area contributed by atoms with Gasteiger partial charge in [0.2, 0.25) is 11.8 Å². The van der Waals surface area contributed by atoms with Gasteiger partial charge < -0.3 is 10.6 Å². The predicted octanol–water partition coefficient (Wildman–Crippen LogP) is 7.10. The van der Waals surface area contributed by atoms with Crippen LogP contribution in [0.1, 0.15) is 81.8 Å². The third-order valence-corrected chi connectivity index (χ3v) is 9.29. The second-order valence-corrected chi connectivity index (χ2v) is 12.2. The largest absolute Gasteiger partial charge is 0.355 e. The topological polar surface area (TPSA) is 61.4 Å². The number of hydrogen-bond acceptors (Lipinski definition) is 3. The van der Waals surface area contributed by atoms with E-state index in [2.05, 4.69) is 15.5 Å². The molecule has 2 aromatic rings. The van der Waals surface area contributed by atoms with E-state index < -0.39 is 5.54 Å². The SMILES string of the molecule is O=C(CN(C1CCCCC1)C1(Cc2cccc(Cl)c2)C(=O)Nc2cc(Cl)ccc21)NCCC1CCCCC1. The van der Waals surface area contributed by atoms with Gasteiger partial charge in [0.15, 0.2) is 0 Å². The van der Waals surface area contributed by atoms with Crippen molar-refractivity contribution in [1.82, 2.24) is 10.2 Å². The lowest BCUT2D eigenvalue weighted by atomic mass is 9.80. The number of nitrogens with one attached hydrogen (secondary N) is 2. The summed E-state index contributed by atoms with van der Waals surface area (Å²) in [6.07, 6.45) is 13.3. The number of benzene rings is 2. The van der Waals surface area contributed by atoms with Gasteiger partial charge in [-0.25, -0.2) is 0 Å². The van der Waals surface area contributed by atoms with Gasteiger partial charge in [0.25, 0.3) is 0 Å². The summed E-state index contributed by atoms with van der Waals surface area (Å²) in [5, 5.41) is 7.53. The Morgan fingerprint density at radius 3 is 2.39 bits per heavy atom. The normalized spacial score (nSPS) is 22.3. The van der Waals surface area contributed by atoms with E-state index in [1.165, 1.54) is 38.5 Å². The highest BCUT2D eigenvalue weighted by atomic mass is 35.5. The minimum absolute atomic E-state index is 0.00735. The van der Waals surface area contributed by atoms with Gasteiger partial charge in [-0.2, -0.15) is 0 Å². The Hall–Kier alpha value is -2.08. The highest BCUT2D eigenvalue weighted by molar-refractivity contribution is 6.31. The average molecular weight is 557 g/mol. The molecule has 2 aliphatic carbocycles. The number of fused-ring (bicyclic) bond motifs is 1. The van der Waals surface area contributed by atoms with Gasteiger partial charge in [-0.15, -0.1) is 0 Å². The number of carbonyl (C=O) groups excluding carboxylic acids is 2. The lowest BCUT2D eigenvalue weighted by Gasteiger charge is -2.45. The van der Waals surface area contributed by atoms with Crippen molar-refractivity contribution in [2.75, 3.05) is 18.4 Å². The highest BCUT2D eigenvalue weighted by Gasteiger charge is 2.53. The molecule has 1 unspecified atom stereocenters. The molecule has 204 valence electrons. The lowest BCUT2D eigenvalue weighted by Crippen LogP contribution is -2.59. The van der Waals surface area contributed by atoms with Crippen LogP contribution in [-0.2, 0) is 21.5 Å². The minimum atomic E-state index is -1.02. The van der Waals surface area contributed by atoms with Gasteiger partial charge in [0, 0.05) is 40.3 Å². The molecule has 0 radical (unpaired) electrons. The molecule has 2 saturated carbocycles. The maximum absolute atomic E-state index is 14.1. The first kappa shape index (κ1) is 27.5. The van der Waals surface area contributed by atoms with Gasteiger partial charge in [-0.1, -0.05) is 92.8 Å². The maximum Gasteiger partial charge on any atom is 0.249 e. The van der Waals surface area contributed by atoms with Crippen LogP contribution in [0.2, 0.25) is 10.0 Å². The first-order valence-electron chi connectivity index (χ1n) is 14.3. The van der Waals surface area contributed by atoms with E-state index in [1.807, 2.05) is 42.5 Å². The first-order valence-corrected chi connectivity index (χ1v) is 15.1. The fourth-order valence-electron chi connectivity index (χ4n) is 6.90. The van der Waals surface area contributed by atoms with Crippen LogP contribution >= 0.6 is 23.2 Å². The maximum atomic E-state index is 14.1. The lowest BCUT2D eigenvalue weighted by molar-refractivity contribution is -0.135. The zero-order valence-electron chi connectivity index (χ0n) is 22.1. The molecular weight excluding hydrogens is 517 g/mol. The van der Waals surface area contributed by atoms with Gasteiger partial charge in [-0.05, 0) is 55.0 Å². The van der Waals surface area contributed by atoms with Crippen LogP contribution in [0.4, 0.5) is 5.69 Å². The molecule has 38 heavy (non-hydrogen) atoms. The number of carbonyl (C=O) groups is 2. The van der Waals surface area contributed by atoms with Gasteiger partial charge >= 0.3 is 0 Å². The molecule has 2 N–H and O–H groups in total. The van der Waals surface area contributed by atoms with Crippen LogP contribution in [0, 0.1) is 5.92 Å². The van der Waals surface area contributed by atoms with Crippen molar-refractivity contribution >= 4 is 40.7 Å². The van der Waals surface area contributed by atoms with Crippen LogP contribution in [0.5, 0.6) is 0 Å². The Labute approximate surface area is 236 Å². The number of anilines is 1. The van der Waals surface area contributed by atoms with Crippen molar-refractivity contribution < 1.29 is 9.59 Å². The van der Waals surface area contributed by atoms with Crippen LogP contribution in [-0.4, -0.2) is 35.8 Å². The third-order valence-electron chi connectivity index (χ3n) is 8.82. The van der Waals surface area contributed by atoms with Gasteiger partial charge in [0.05, 0.1) is 6.54 Å². The molecule has 0 spiro atoms. The third kappa shape index (κ3) is 6.05. The number of halogens is 2. The molecule has 0 saturated heterocycles. The van der Waals surface area contributed by atoms with Crippen molar-refractivity contribution in [1.29, 1.82) is 0 Å². The fourth-order valence-corrected chi connectivity index (χ4v) is 7.29. The second kappa shape index (κ2) is 12.4. The molecule has 1 atom stereocenters. The number of amides is 2. The van der Waals surface area contributed by atoms with E-state index in [-0.39, 0.29) is 24.4 Å². The Bertz CT molecular complexity index is 1140. The van der Waals surface area contributed by atoms with E-state index >= 15 is 0 Å². The van der Waals surface area contributed by atoms with Crippen molar-refractivity contribution in [3.63, 3.8) is 0 Å². The molecule has 5 nitrogen and oxygen atoms in total. The molecular formula is C31H39Cl2N3O2. The zero-order valence-corrected chi connectivity index (χ0v) is 23.6. The Kier molecular flexibility index (Phi) is 8.97. The predicted molar refractivity (Wildman–Crippen MR) is 155 cm³/mol. The summed E-state index contributed by atoms with van der Waals surface area (Å²) in [5.41, 5.74) is 1.55. The Morgan fingerprint density at radius 1 is 0.947 bits per heavy atom. The fraction of sp³-hybridized carbons (Fsp3) is 0.548. The van der Waals surface area contributed by atoms with Crippen LogP contribution in [0.3, 0.4) is 0 Å². The highest BCUT2D eigenvalue weighted by Crippen LogP contribution is 2.46. The molecule has 7 heteroatoms. The van der Waals surface area contributed by atoms with Crippen molar-refractivity contribution in [2.24, 2.45) is 5.92 Å². The Morgan fingerprint density at radius 2 is 1.66 bits per heavy atom. The molecule has 3 aliphatic rings. The number of nitrogens with zero attached hydrogens (tertiary/aromatic N) is 1. The number of rotatable bonds is 9.